The molecule has 2 aliphatic rings. The van der Waals surface area contributed by atoms with Gasteiger partial charge in [0.1, 0.15) is 5.82 Å². The van der Waals surface area contributed by atoms with Gasteiger partial charge in [-0.05, 0) is 55.4 Å². The minimum Gasteiger partial charge on any atom is -0.330 e. The largest absolute Gasteiger partial charge is 0.330 e. The monoisotopic (exact) mass is 408 g/mol. The normalized spacial score (nSPS) is 24.4. The maximum atomic E-state index is 13.6. The van der Waals surface area contributed by atoms with Gasteiger partial charge in [0, 0.05) is 25.1 Å². The SMILES string of the molecule is O=C([C@H]1CC[C@H](Cn2cnc3ccccc32)CC1)N1OCC[C@H]1c1cncc(F)c1. The minimum absolute atomic E-state index is 0.0216. The summed E-state index contributed by atoms with van der Waals surface area (Å²) in [7, 11) is 0. The van der Waals surface area contributed by atoms with Crippen LogP contribution in [0.2, 0.25) is 0 Å². The molecule has 0 radical (unpaired) electrons. The van der Waals surface area contributed by atoms with Gasteiger partial charge in [-0.15, -0.1) is 0 Å². The van der Waals surface area contributed by atoms with Crippen molar-refractivity contribution in [2.75, 3.05) is 6.61 Å². The van der Waals surface area contributed by atoms with E-state index in [9.17, 15) is 9.18 Å². The number of carbonyl (C=O) groups is 1. The molecule has 7 heteroatoms. The molecule has 1 saturated heterocycles. The standard InChI is InChI=1S/C23H25FN4O2/c24-19-11-18(12-25-13-19)21-9-10-30-28(21)23(29)17-7-5-16(6-8-17)14-27-15-26-20-3-1-2-4-22(20)27/h1-4,11-13,15-17,21H,5-10,14H2/t16-,17-,21-/m0/s1. The topological polar surface area (TPSA) is 60.2 Å². The van der Waals surface area contributed by atoms with E-state index in [1.54, 1.807) is 6.20 Å². The predicted molar refractivity (Wildman–Crippen MR) is 110 cm³/mol. The Kier molecular flexibility index (Phi) is 5.21. The Morgan fingerprint density at radius 1 is 1.13 bits per heavy atom. The molecule has 30 heavy (non-hydrogen) atoms. The van der Waals surface area contributed by atoms with Crippen molar-refractivity contribution in [2.45, 2.75) is 44.7 Å². The number of fused-ring (bicyclic) bond motifs is 1. The smallest absolute Gasteiger partial charge is 0.249 e. The molecule has 3 aromatic rings. The van der Waals surface area contributed by atoms with Gasteiger partial charge in [0.15, 0.2) is 0 Å². The number of benzene rings is 1. The number of imidazole rings is 1. The summed E-state index contributed by atoms with van der Waals surface area (Å²) in [5, 5.41) is 1.48. The number of hydrogen-bond acceptors (Lipinski definition) is 4. The highest BCUT2D eigenvalue weighted by Gasteiger charge is 2.37. The van der Waals surface area contributed by atoms with Gasteiger partial charge in [-0.2, -0.15) is 0 Å². The fraction of sp³-hybridized carbons (Fsp3) is 0.435. The molecule has 6 nitrogen and oxygen atoms in total. The molecule has 1 aliphatic heterocycles. The number of carbonyl (C=O) groups excluding carboxylic acids is 1. The van der Waals surface area contributed by atoms with Crippen LogP contribution in [0.4, 0.5) is 4.39 Å². The van der Waals surface area contributed by atoms with E-state index >= 15 is 0 Å². The molecule has 0 spiro atoms. The molecule has 2 aromatic heterocycles. The molecule has 1 atom stereocenters. The molecule has 1 amide bonds. The summed E-state index contributed by atoms with van der Waals surface area (Å²) in [5.74, 6) is 0.130. The summed E-state index contributed by atoms with van der Waals surface area (Å²) < 4.78 is 15.8. The van der Waals surface area contributed by atoms with E-state index in [0.29, 0.717) is 24.5 Å². The Morgan fingerprint density at radius 2 is 1.97 bits per heavy atom. The number of aromatic nitrogens is 3. The van der Waals surface area contributed by atoms with Crippen molar-refractivity contribution in [1.82, 2.24) is 19.6 Å². The number of hydrogen-bond donors (Lipinski definition) is 0. The van der Waals surface area contributed by atoms with Gasteiger partial charge in [0.05, 0.1) is 36.2 Å². The highest BCUT2D eigenvalue weighted by Crippen LogP contribution is 2.36. The summed E-state index contributed by atoms with van der Waals surface area (Å²) in [6.45, 7) is 1.40. The Labute approximate surface area is 174 Å². The molecule has 1 aromatic carbocycles. The van der Waals surface area contributed by atoms with E-state index < -0.39 is 0 Å². The van der Waals surface area contributed by atoms with E-state index in [1.165, 1.54) is 17.3 Å². The summed E-state index contributed by atoms with van der Waals surface area (Å²) in [6, 6.07) is 9.36. The molecule has 0 bridgehead atoms. The van der Waals surface area contributed by atoms with E-state index in [-0.39, 0.29) is 23.7 Å². The summed E-state index contributed by atoms with van der Waals surface area (Å²) in [5.41, 5.74) is 2.87. The molecular weight excluding hydrogens is 383 g/mol. The molecule has 0 unspecified atom stereocenters. The fourth-order valence-corrected chi connectivity index (χ4v) is 4.81. The van der Waals surface area contributed by atoms with Crippen LogP contribution in [0.3, 0.4) is 0 Å². The molecule has 3 heterocycles. The lowest BCUT2D eigenvalue weighted by atomic mass is 9.81. The first kappa shape index (κ1) is 19.2. The third kappa shape index (κ3) is 3.69. The van der Waals surface area contributed by atoms with E-state index in [4.69, 9.17) is 4.84 Å². The lowest BCUT2D eigenvalue weighted by Gasteiger charge is -2.32. The van der Waals surface area contributed by atoms with Gasteiger partial charge in [-0.1, -0.05) is 12.1 Å². The van der Waals surface area contributed by atoms with Crippen LogP contribution in [0.25, 0.3) is 11.0 Å². The van der Waals surface area contributed by atoms with Gasteiger partial charge >= 0.3 is 0 Å². The first-order chi connectivity index (χ1) is 14.7. The van der Waals surface area contributed by atoms with Crippen molar-refractivity contribution in [3.8, 4) is 0 Å². The van der Waals surface area contributed by atoms with Crippen LogP contribution in [0, 0.1) is 17.7 Å². The zero-order valence-electron chi connectivity index (χ0n) is 16.8. The Hall–Kier alpha value is -2.80. The number of rotatable bonds is 4. The summed E-state index contributed by atoms with van der Waals surface area (Å²) in [6.07, 6.45) is 9.09. The molecule has 1 saturated carbocycles. The van der Waals surface area contributed by atoms with Crippen molar-refractivity contribution in [3.63, 3.8) is 0 Å². The quantitative estimate of drug-likeness (QED) is 0.646. The summed E-state index contributed by atoms with van der Waals surface area (Å²) in [4.78, 5) is 27.2. The lowest BCUT2D eigenvalue weighted by molar-refractivity contribution is -0.183. The van der Waals surface area contributed by atoms with Crippen molar-refractivity contribution in [2.24, 2.45) is 11.8 Å². The van der Waals surface area contributed by atoms with Gasteiger partial charge in [-0.25, -0.2) is 14.4 Å². The minimum atomic E-state index is -0.390. The van der Waals surface area contributed by atoms with E-state index in [2.05, 4.69) is 20.6 Å². The lowest BCUT2D eigenvalue weighted by Crippen LogP contribution is -2.37. The molecule has 0 N–H and O–H groups in total. The number of amides is 1. The predicted octanol–water partition coefficient (Wildman–Crippen LogP) is 4.28. The molecule has 2 fully saturated rings. The fourth-order valence-electron chi connectivity index (χ4n) is 4.81. The molecule has 5 rings (SSSR count). The zero-order chi connectivity index (χ0) is 20.5. The van der Waals surface area contributed by atoms with Crippen LogP contribution in [0.1, 0.15) is 43.7 Å². The van der Waals surface area contributed by atoms with Gasteiger partial charge in [-0.3, -0.25) is 14.6 Å². The van der Waals surface area contributed by atoms with Crippen LogP contribution < -0.4 is 0 Å². The first-order valence-corrected chi connectivity index (χ1v) is 10.7. The average molecular weight is 408 g/mol. The average Bonchev–Trinajstić information content (AvgIpc) is 3.42. The summed E-state index contributed by atoms with van der Waals surface area (Å²) >= 11 is 0. The maximum absolute atomic E-state index is 13.6. The van der Waals surface area contributed by atoms with Crippen molar-refractivity contribution in [3.05, 3.63) is 60.4 Å². The van der Waals surface area contributed by atoms with E-state index in [0.717, 1.165) is 43.3 Å². The van der Waals surface area contributed by atoms with Crippen LogP contribution in [0.5, 0.6) is 0 Å². The van der Waals surface area contributed by atoms with Crippen LogP contribution in [-0.2, 0) is 16.2 Å². The molecule has 156 valence electrons. The van der Waals surface area contributed by atoms with Crippen LogP contribution in [0.15, 0.2) is 49.1 Å². The van der Waals surface area contributed by atoms with Crippen LogP contribution in [-0.4, -0.2) is 32.1 Å². The molecular formula is C23H25FN4O2. The van der Waals surface area contributed by atoms with Crippen molar-refractivity contribution in [1.29, 1.82) is 0 Å². The second kappa shape index (κ2) is 8.14. The van der Waals surface area contributed by atoms with Crippen molar-refractivity contribution >= 4 is 16.9 Å². The second-order valence-electron chi connectivity index (χ2n) is 8.34. The van der Waals surface area contributed by atoms with Gasteiger partial charge in [0.25, 0.3) is 0 Å². The number of hydroxylamine groups is 2. The van der Waals surface area contributed by atoms with Gasteiger partial charge in [0.2, 0.25) is 5.91 Å². The van der Waals surface area contributed by atoms with E-state index in [1.807, 2.05) is 24.5 Å². The second-order valence-corrected chi connectivity index (χ2v) is 8.34. The van der Waals surface area contributed by atoms with Gasteiger partial charge < -0.3 is 4.57 Å². The third-order valence-corrected chi connectivity index (χ3v) is 6.41. The highest BCUT2D eigenvalue weighted by molar-refractivity contribution is 5.78. The number of nitrogens with zero attached hydrogens (tertiary/aromatic N) is 4. The number of pyridine rings is 1. The number of halogens is 1. The first-order valence-electron chi connectivity index (χ1n) is 10.7. The molecule has 1 aliphatic carbocycles. The van der Waals surface area contributed by atoms with Crippen molar-refractivity contribution < 1.29 is 14.0 Å². The Balaban J connectivity index is 1.21. The van der Waals surface area contributed by atoms with Crippen LogP contribution >= 0.6 is 0 Å². The number of para-hydroxylation sites is 2. The Morgan fingerprint density at radius 3 is 2.80 bits per heavy atom. The third-order valence-electron chi connectivity index (χ3n) is 6.41. The zero-order valence-corrected chi connectivity index (χ0v) is 16.8. The Bertz CT molecular complexity index is 1040. The highest BCUT2D eigenvalue weighted by atomic mass is 19.1. The maximum Gasteiger partial charge on any atom is 0.249 e.